The number of hydrogen-bond donors (Lipinski definition) is 2. The second-order valence-electron chi connectivity index (χ2n) is 3.78. The third kappa shape index (κ3) is 4.54. The maximum absolute atomic E-state index is 13.6. The lowest BCUT2D eigenvalue weighted by Crippen LogP contribution is -2.21. The van der Waals surface area contributed by atoms with Crippen LogP contribution in [0.3, 0.4) is 0 Å². The standard InChI is InChI=1S/C12H17FN2O2S/c1-2-18(17)6-5-15-8-10-4-3-9(12(14)16)7-11(10)13/h3-4,7,15H,2,5-6,8H2,1H3,(H2,14,16). The van der Waals surface area contributed by atoms with Crippen LogP contribution in [0.4, 0.5) is 4.39 Å². The number of hydrogen-bond acceptors (Lipinski definition) is 3. The molecular weight excluding hydrogens is 255 g/mol. The summed E-state index contributed by atoms with van der Waals surface area (Å²) in [5.41, 5.74) is 5.66. The Morgan fingerprint density at radius 1 is 1.50 bits per heavy atom. The van der Waals surface area contributed by atoms with Crippen molar-refractivity contribution in [3.63, 3.8) is 0 Å². The first kappa shape index (κ1) is 14.8. The summed E-state index contributed by atoms with van der Waals surface area (Å²) in [6, 6.07) is 4.15. The van der Waals surface area contributed by atoms with Crippen molar-refractivity contribution in [1.82, 2.24) is 5.32 Å². The Kier molecular flexibility index (Phi) is 5.94. The van der Waals surface area contributed by atoms with Crippen LogP contribution in [-0.2, 0) is 17.3 Å². The summed E-state index contributed by atoms with van der Waals surface area (Å²) in [5.74, 6) is 0.0723. The van der Waals surface area contributed by atoms with Gasteiger partial charge >= 0.3 is 0 Å². The van der Waals surface area contributed by atoms with Crippen molar-refractivity contribution in [1.29, 1.82) is 0 Å². The lowest BCUT2D eigenvalue weighted by Gasteiger charge is -2.06. The molecule has 0 heterocycles. The molecule has 18 heavy (non-hydrogen) atoms. The molecule has 0 aliphatic carbocycles. The van der Waals surface area contributed by atoms with Gasteiger partial charge in [-0.3, -0.25) is 9.00 Å². The molecule has 1 amide bonds. The second kappa shape index (κ2) is 7.23. The number of nitrogens with one attached hydrogen (secondary N) is 1. The lowest BCUT2D eigenvalue weighted by molar-refractivity contribution is 0.1000. The fraction of sp³-hybridized carbons (Fsp3) is 0.417. The van der Waals surface area contributed by atoms with Crippen molar-refractivity contribution >= 4 is 16.7 Å². The number of carbonyl (C=O) groups is 1. The van der Waals surface area contributed by atoms with Gasteiger partial charge in [-0.2, -0.15) is 0 Å². The second-order valence-corrected chi connectivity index (χ2v) is 5.65. The molecule has 1 aromatic carbocycles. The van der Waals surface area contributed by atoms with Gasteiger partial charge in [0.05, 0.1) is 0 Å². The van der Waals surface area contributed by atoms with E-state index in [1.54, 1.807) is 0 Å². The van der Waals surface area contributed by atoms with Crippen LogP contribution < -0.4 is 11.1 Å². The number of carbonyl (C=O) groups excluding carboxylic acids is 1. The van der Waals surface area contributed by atoms with E-state index in [1.807, 2.05) is 6.92 Å². The van der Waals surface area contributed by atoms with E-state index in [9.17, 15) is 13.4 Å². The summed E-state index contributed by atoms with van der Waals surface area (Å²) < 4.78 is 24.7. The SMILES string of the molecule is CCS(=O)CCNCc1ccc(C(N)=O)cc1F. The maximum atomic E-state index is 13.6. The fourth-order valence-corrected chi connectivity index (χ4v) is 2.06. The lowest BCUT2D eigenvalue weighted by atomic mass is 10.1. The average molecular weight is 272 g/mol. The van der Waals surface area contributed by atoms with Crippen molar-refractivity contribution in [3.05, 3.63) is 35.1 Å². The Balaban J connectivity index is 2.48. The first-order chi connectivity index (χ1) is 8.54. The van der Waals surface area contributed by atoms with Crippen LogP contribution >= 0.6 is 0 Å². The van der Waals surface area contributed by atoms with E-state index in [1.165, 1.54) is 12.1 Å². The summed E-state index contributed by atoms with van der Waals surface area (Å²) in [5, 5.41) is 3.01. The average Bonchev–Trinajstić information content (AvgIpc) is 2.35. The summed E-state index contributed by atoms with van der Waals surface area (Å²) in [4.78, 5) is 10.8. The molecule has 0 spiro atoms. The van der Waals surface area contributed by atoms with E-state index in [2.05, 4.69) is 5.32 Å². The van der Waals surface area contributed by atoms with E-state index in [4.69, 9.17) is 5.73 Å². The number of halogens is 1. The monoisotopic (exact) mass is 272 g/mol. The zero-order chi connectivity index (χ0) is 13.5. The molecule has 1 rings (SSSR count). The molecule has 6 heteroatoms. The van der Waals surface area contributed by atoms with Gasteiger partial charge in [0.15, 0.2) is 0 Å². The zero-order valence-corrected chi connectivity index (χ0v) is 11.1. The normalized spacial score (nSPS) is 12.3. The molecule has 3 N–H and O–H groups in total. The molecule has 4 nitrogen and oxygen atoms in total. The van der Waals surface area contributed by atoms with E-state index in [0.717, 1.165) is 6.07 Å². The minimum atomic E-state index is -0.818. The van der Waals surface area contributed by atoms with Crippen LogP contribution in [0.25, 0.3) is 0 Å². The van der Waals surface area contributed by atoms with Gasteiger partial charge in [0, 0.05) is 46.5 Å². The largest absolute Gasteiger partial charge is 0.366 e. The first-order valence-electron chi connectivity index (χ1n) is 5.68. The molecule has 1 aromatic rings. The number of benzene rings is 1. The van der Waals surface area contributed by atoms with Crippen molar-refractivity contribution in [3.8, 4) is 0 Å². The number of rotatable bonds is 7. The van der Waals surface area contributed by atoms with Crippen molar-refractivity contribution in [2.45, 2.75) is 13.5 Å². The highest BCUT2D eigenvalue weighted by Gasteiger charge is 2.06. The summed E-state index contributed by atoms with van der Waals surface area (Å²) in [6.45, 7) is 2.77. The minimum absolute atomic E-state index is 0.156. The van der Waals surface area contributed by atoms with E-state index in [0.29, 0.717) is 30.2 Å². The molecule has 0 fully saturated rings. The predicted octanol–water partition coefficient (Wildman–Crippen LogP) is 0.783. The van der Waals surface area contributed by atoms with Crippen molar-refractivity contribution in [2.24, 2.45) is 5.73 Å². The van der Waals surface area contributed by atoms with Crippen LogP contribution in [0.5, 0.6) is 0 Å². The molecule has 1 atom stereocenters. The maximum Gasteiger partial charge on any atom is 0.248 e. The fourth-order valence-electron chi connectivity index (χ4n) is 1.40. The molecule has 0 aliphatic heterocycles. The molecule has 0 radical (unpaired) electrons. The van der Waals surface area contributed by atoms with Gasteiger partial charge in [-0.1, -0.05) is 13.0 Å². The molecule has 0 aliphatic rings. The van der Waals surface area contributed by atoms with Gasteiger partial charge in [-0.25, -0.2) is 4.39 Å². The summed E-state index contributed by atoms with van der Waals surface area (Å²) in [6.07, 6.45) is 0. The molecular formula is C12H17FN2O2S. The minimum Gasteiger partial charge on any atom is -0.366 e. The smallest absolute Gasteiger partial charge is 0.248 e. The van der Waals surface area contributed by atoms with E-state index in [-0.39, 0.29) is 5.56 Å². The van der Waals surface area contributed by atoms with Gasteiger partial charge in [0.1, 0.15) is 5.82 Å². The quantitative estimate of drug-likeness (QED) is 0.721. The number of primary amides is 1. The molecule has 0 aromatic heterocycles. The third-order valence-electron chi connectivity index (χ3n) is 2.48. The number of nitrogens with two attached hydrogens (primary N) is 1. The number of amides is 1. The molecule has 1 unspecified atom stereocenters. The first-order valence-corrected chi connectivity index (χ1v) is 7.17. The molecule has 0 saturated carbocycles. The van der Waals surface area contributed by atoms with Crippen LogP contribution in [0, 0.1) is 5.82 Å². The highest BCUT2D eigenvalue weighted by molar-refractivity contribution is 7.84. The summed E-state index contributed by atoms with van der Waals surface area (Å²) in [7, 11) is -0.818. The van der Waals surface area contributed by atoms with Crippen LogP contribution in [0.1, 0.15) is 22.8 Å². The van der Waals surface area contributed by atoms with E-state index < -0.39 is 22.5 Å². The Morgan fingerprint density at radius 2 is 2.22 bits per heavy atom. The third-order valence-corrected chi connectivity index (χ3v) is 3.78. The Hall–Kier alpha value is -1.27. The zero-order valence-electron chi connectivity index (χ0n) is 10.2. The van der Waals surface area contributed by atoms with Crippen molar-refractivity contribution < 1.29 is 13.4 Å². The predicted molar refractivity (Wildman–Crippen MR) is 70.2 cm³/mol. The van der Waals surface area contributed by atoms with Crippen molar-refractivity contribution in [2.75, 3.05) is 18.1 Å². The summed E-state index contributed by atoms with van der Waals surface area (Å²) >= 11 is 0. The van der Waals surface area contributed by atoms with Gasteiger partial charge < -0.3 is 11.1 Å². The highest BCUT2D eigenvalue weighted by atomic mass is 32.2. The topological polar surface area (TPSA) is 72.2 Å². The highest BCUT2D eigenvalue weighted by Crippen LogP contribution is 2.09. The molecule has 100 valence electrons. The van der Waals surface area contributed by atoms with Gasteiger partial charge in [-0.15, -0.1) is 0 Å². The Morgan fingerprint density at radius 3 is 2.78 bits per heavy atom. The van der Waals surface area contributed by atoms with Gasteiger partial charge in [0.2, 0.25) is 5.91 Å². The van der Waals surface area contributed by atoms with Crippen LogP contribution in [0.2, 0.25) is 0 Å². The molecule has 0 saturated heterocycles. The van der Waals surface area contributed by atoms with Crippen LogP contribution in [-0.4, -0.2) is 28.2 Å². The molecule has 0 bridgehead atoms. The van der Waals surface area contributed by atoms with E-state index >= 15 is 0 Å². The Labute approximate surface area is 108 Å². The van der Waals surface area contributed by atoms with Gasteiger partial charge in [0.25, 0.3) is 0 Å². The van der Waals surface area contributed by atoms with Gasteiger partial charge in [-0.05, 0) is 12.1 Å². The Bertz CT molecular complexity index is 452. The van der Waals surface area contributed by atoms with Crippen LogP contribution in [0.15, 0.2) is 18.2 Å².